The maximum absolute atomic E-state index is 12.0. The lowest BCUT2D eigenvalue weighted by Gasteiger charge is -2.04. The molecule has 0 radical (unpaired) electrons. The molecule has 2 N–H and O–H groups in total. The summed E-state index contributed by atoms with van der Waals surface area (Å²) in [5, 5.41) is 21.5. The molecule has 2 rings (SSSR count). The Morgan fingerprint density at radius 3 is 2.33 bits per heavy atom. The Labute approximate surface area is 126 Å². The van der Waals surface area contributed by atoms with E-state index in [1.54, 1.807) is 36.4 Å². The van der Waals surface area contributed by atoms with E-state index in [1.165, 1.54) is 18.2 Å². The van der Waals surface area contributed by atoms with Gasteiger partial charge >= 0.3 is 0 Å². The van der Waals surface area contributed by atoms with Gasteiger partial charge in [0.2, 0.25) is 0 Å². The minimum atomic E-state index is -0.507. The summed E-state index contributed by atoms with van der Waals surface area (Å²) in [6.07, 6.45) is 1.45. The van der Waals surface area contributed by atoms with Crippen molar-refractivity contribution in [1.29, 1.82) is 5.26 Å². The van der Waals surface area contributed by atoms with E-state index in [2.05, 4.69) is 5.32 Å². The fourth-order valence-corrected chi connectivity index (χ4v) is 1.74. The van der Waals surface area contributed by atoms with Gasteiger partial charge in [0.25, 0.3) is 5.91 Å². The van der Waals surface area contributed by atoms with Gasteiger partial charge in [-0.05, 0) is 48.0 Å². The molecule has 0 heterocycles. The van der Waals surface area contributed by atoms with Crippen molar-refractivity contribution in [1.82, 2.24) is 0 Å². The molecule has 0 aliphatic carbocycles. The Bertz CT molecular complexity index is 713. The lowest BCUT2D eigenvalue weighted by molar-refractivity contribution is -0.112. The van der Waals surface area contributed by atoms with Crippen LogP contribution in [0.4, 0.5) is 5.69 Å². The molecule has 104 valence electrons. The van der Waals surface area contributed by atoms with Crippen LogP contribution in [0, 0.1) is 11.3 Å². The van der Waals surface area contributed by atoms with Crippen LogP contribution in [0.15, 0.2) is 54.1 Å². The molecule has 0 aliphatic rings. The van der Waals surface area contributed by atoms with Crippen LogP contribution in [0.3, 0.4) is 0 Å². The summed E-state index contributed by atoms with van der Waals surface area (Å²) in [5.74, 6) is -0.385. The number of anilines is 1. The zero-order chi connectivity index (χ0) is 15.2. The van der Waals surface area contributed by atoms with Crippen molar-refractivity contribution < 1.29 is 9.90 Å². The number of aromatic hydroxyl groups is 1. The standard InChI is InChI=1S/C16H11ClN2O2/c17-13-3-5-14(6-4-13)19-16(21)12(10-18)9-11-1-7-15(20)8-2-11/h1-9,20H,(H,19,21)/b12-9-. The molecular weight excluding hydrogens is 288 g/mol. The average molecular weight is 299 g/mol. The van der Waals surface area contributed by atoms with Crippen molar-refractivity contribution in [3.05, 3.63) is 64.7 Å². The van der Waals surface area contributed by atoms with Crippen LogP contribution in [0.25, 0.3) is 6.08 Å². The third-order valence-electron chi connectivity index (χ3n) is 2.67. The number of phenolic OH excluding ortho intramolecular Hbond substituents is 1. The quantitative estimate of drug-likeness (QED) is 0.672. The van der Waals surface area contributed by atoms with E-state index in [1.807, 2.05) is 6.07 Å². The Morgan fingerprint density at radius 1 is 1.14 bits per heavy atom. The molecule has 0 spiro atoms. The topological polar surface area (TPSA) is 73.1 Å². The van der Waals surface area contributed by atoms with Gasteiger partial charge in [0.1, 0.15) is 17.4 Å². The second kappa shape index (κ2) is 6.60. The highest BCUT2D eigenvalue weighted by Crippen LogP contribution is 2.16. The Kier molecular flexibility index (Phi) is 4.60. The molecule has 1 amide bonds. The van der Waals surface area contributed by atoms with Gasteiger partial charge in [0.15, 0.2) is 0 Å². The summed E-state index contributed by atoms with van der Waals surface area (Å²) in [5.41, 5.74) is 1.17. The molecule has 0 saturated heterocycles. The van der Waals surface area contributed by atoms with E-state index >= 15 is 0 Å². The third-order valence-corrected chi connectivity index (χ3v) is 2.92. The normalized spacial score (nSPS) is 10.8. The highest BCUT2D eigenvalue weighted by Gasteiger charge is 2.09. The van der Waals surface area contributed by atoms with Crippen molar-refractivity contribution >= 4 is 29.3 Å². The number of hydrogen-bond acceptors (Lipinski definition) is 3. The van der Waals surface area contributed by atoms with Crippen LogP contribution in [-0.4, -0.2) is 11.0 Å². The van der Waals surface area contributed by atoms with Gasteiger partial charge in [-0.2, -0.15) is 5.26 Å². The third kappa shape index (κ3) is 4.10. The van der Waals surface area contributed by atoms with E-state index in [4.69, 9.17) is 16.9 Å². The van der Waals surface area contributed by atoms with Crippen molar-refractivity contribution in [3.63, 3.8) is 0 Å². The number of amides is 1. The number of carbonyl (C=O) groups excluding carboxylic acids is 1. The molecule has 0 saturated carbocycles. The van der Waals surface area contributed by atoms with E-state index in [-0.39, 0.29) is 11.3 Å². The Hall–Kier alpha value is -2.77. The monoisotopic (exact) mass is 298 g/mol. The minimum Gasteiger partial charge on any atom is -0.508 e. The van der Waals surface area contributed by atoms with Gasteiger partial charge in [-0.25, -0.2) is 0 Å². The smallest absolute Gasteiger partial charge is 0.266 e. The van der Waals surface area contributed by atoms with Gasteiger partial charge in [-0.3, -0.25) is 4.79 Å². The molecule has 2 aromatic carbocycles. The van der Waals surface area contributed by atoms with Crippen LogP contribution in [0.5, 0.6) is 5.75 Å². The van der Waals surface area contributed by atoms with Crippen LogP contribution in [0.2, 0.25) is 5.02 Å². The van der Waals surface area contributed by atoms with Crippen molar-refractivity contribution in [3.8, 4) is 11.8 Å². The highest BCUT2D eigenvalue weighted by molar-refractivity contribution is 6.30. The first-order valence-corrected chi connectivity index (χ1v) is 6.44. The fourth-order valence-electron chi connectivity index (χ4n) is 1.62. The van der Waals surface area contributed by atoms with Crippen molar-refractivity contribution in [2.24, 2.45) is 0 Å². The molecule has 0 aliphatic heterocycles. The summed E-state index contributed by atoms with van der Waals surface area (Å²) < 4.78 is 0. The average Bonchev–Trinajstić information content (AvgIpc) is 2.49. The molecule has 0 bridgehead atoms. The molecule has 4 nitrogen and oxygen atoms in total. The van der Waals surface area contributed by atoms with Gasteiger partial charge in [0.05, 0.1) is 0 Å². The molecule has 0 unspecified atom stereocenters. The number of phenols is 1. The van der Waals surface area contributed by atoms with Crippen molar-refractivity contribution in [2.75, 3.05) is 5.32 Å². The second-order valence-corrected chi connectivity index (χ2v) is 4.66. The first-order chi connectivity index (χ1) is 10.1. The largest absolute Gasteiger partial charge is 0.508 e. The van der Waals surface area contributed by atoms with Gasteiger partial charge in [0, 0.05) is 10.7 Å². The predicted molar refractivity (Wildman–Crippen MR) is 81.8 cm³/mol. The van der Waals surface area contributed by atoms with E-state index in [9.17, 15) is 9.90 Å². The van der Waals surface area contributed by atoms with Crippen LogP contribution in [-0.2, 0) is 4.79 Å². The molecule has 21 heavy (non-hydrogen) atoms. The lowest BCUT2D eigenvalue weighted by Crippen LogP contribution is -2.13. The summed E-state index contributed by atoms with van der Waals surface area (Å²) in [6, 6.07) is 14.6. The van der Waals surface area contributed by atoms with E-state index < -0.39 is 5.91 Å². The van der Waals surface area contributed by atoms with Gasteiger partial charge < -0.3 is 10.4 Å². The highest BCUT2D eigenvalue weighted by atomic mass is 35.5. The predicted octanol–water partition coefficient (Wildman–Crippen LogP) is 3.59. The molecule has 0 aromatic heterocycles. The zero-order valence-electron chi connectivity index (χ0n) is 10.9. The Morgan fingerprint density at radius 2 is 1.76 bits per heavy atom. The van der Waals surface area contributed by atoms with Gasteiger partial charge in [-0.15, -0.1) is 0 Å². The molecule has 0 fully saturated rings. The molecule has 5 heteroatoms. The number of rotatable bonds is 3. The number of nitrogens with one attached hydrogen (secondary N) is 1. The number of carbonyl (C=O) groups is 1. The maximum atomic E-state index is 12.0. The zero-order valence-corrected chi connectivity index (χ0v) is 11.6. The van der Waals surface area contributed by atoms with Crippen molar-refractivity contribution in [2.45, 2.75) is 0 Å². The lowest BCUT2D eigenvalue weighted by atomic mass is 10.1. The van der Waals surface area contributed by atoms with Crippen LogP contribution in [0.1, 0.15) is 5.56 Å². The Balaban J connectivity index is 2.17. The minimum absolute atomic E-state index is 0.0318. The summed E-state index contributed by atoms with van der Waals surface area (Å²) in [4.78, 5) is 12.0. The number of hydrogen-bond donors (Lipinski definition) is 2. The van der Waals surface area contributed by atoms with Crippen LogP contribution < -0.4 is 5.32 Å². The van der Waals surface area contributed by atoms with E-state index in [0.29, 0.717) is 16.3 Å². The first-order valence-electron chi connectivity index (χ1n) is 6.06. The number of nitriles is 1. The number of benzene rings is 2. The molecule has 2 aromatic rings. The summed E-state index contributed by atoms with van der Waals surface area (Å²) in [7, 11) is 0. The fraction of sp³-hybridized carbons (Fsp3) is 0. The van der Waals surface area contributed by atoms with Crippen LogP contribution >= 0.6 is 11.6 Å². The second-order valence-electron chi connectivity index (χ2n) is 4.22. The number of nitrogens with zero attached hydrogens (tertiary/aromatic N) is 1. The molecular formula is C16H11ClN2O2. The number of halogens is 1. The van der Waals surface area contributed by atoms with Gasteiger partial charge in [-0.1, -0.05) is 23.7 Å². The summed E-state index contributed by atoms with van der Waals surface area (Å²) in [6.45, 7) is 0. The first kappa shape index (κ1) is 14.6. The van der Waals surface area contributed by atoms with E-state index in [0.717, 1.165) is 0 Å². The SMILES string of the molecule is N#C/C(=C/c1ccc(O)cc1)C(=O)Nc1ccc(Cl)cc1. The molecule has 0 atom stereocenters. The summed E-state index contributed by atoms with van der Waals surface area (Å²) >= 11 is 5.76. The maximum Gasteiger partial charge on any atom is 0.266 e.